The number of hydrogen-bond acceptors (Lipinski definition) is 5. The van der Waals surface area contributed by atoms with E-state index in [9.17, 15) is 4.79 Å². The predicted octanol–water partition coefficient (Wildman–Crippen LogP) is 1.04. The minimum Gasteiger partial charge on any atom is -0.481 e. The molecule has 0 atom stereocenters. The number of nitrogens with one attached hydrogen (secondary N) is 2. The second-order valence-electron chi connectivity index (χ2n) is 4.33. The van der Waals surface area contributed by atoms with E-state index >= 15 is 0 Å². The Hall–Kier alpha value is -1.85. The van der Waals surface area contributed by atoms with Crippen LogP contribution in [0.4, 0.5) is 5.82 Å². The molecule has 0 saturated heterocycles. The highest BCUT2D eigenvalue weighted by Crippen LogP contribution is 2.20. The van der Waals surface area contributed by atoms with Crippen molar-refractivity contribution in [1.29, 1.82) is 0 Å². The number of aryl methyl sites for hydroxylation is 1. The number of methoxy groups -OCH3 is 1. The molecule has 1 heterocycles. The van der Waals surface area contributed by atoms with E-state index < -0.39 is 0 Å². The van der Waals surface area contributed by atoms with Gasteiger partial charge < -0.3 is 15.4 Å². The van der Waals surface area contributed by atoms with Gasteiger partial charge in [-0.2, -0.15) is 4.98 Å². The van der Waals surface area contributed by atoms with Gasteiger partial charge in [-0.05, 0) is 27.7 Å². The SMILES string of the molecule is COc1nc(C)nc(NCC(=O)NC(C)C)c1C. The van der Waals surface area contributed by atoms with Crippen molar-refractivity contribution in [3.05, 3.63) is 11.4 Å². The van der Waals surface area contributed by atoms with E-state index in [0.29, 0.717) is 17.5 Å². The van der Waals surface area contributed by atoms with E-state index in [4.69, 9.17) is 4.74 Å². The second-order valence-corrected chi connectivity index (χ2v) is 4.33. The summed E-state index contributed by atoms with van der Waals surface area (Å²) in [6.07, 6.45) is 0. The van der Waals surface area contributed by atoms with Gasteiger partial charge in [0.1, 0.15) is 11.6 Å². The van der Waals surface area contributed by atoms with Gasteiger partial charge in [-0.3, -0.25) is 4.79 Å². The molecule has 1 aromatic heterocycles. The molecule has 0 aromatic carbocycles. The molecule has 0 aliphatic heterocycles. The highest BCUT2D eigenvalue weighted by molar-refractivity contribution is 5.80. The number of anilines is 1. The standard InChI is InChI=1S/C12H20N4O2/c1-7(2)14-10(17)6-13-11-8(3)12(18-5)16-9(4)15-11/h7H,6H2,1-5H3,(H,14,17)(H,13,15,16). The fourth-order valence-electron chi connectivity index (χ4n) is 1.51. The van der Waals surface area contributed by atoms with Crippen molar-refractivity contribution in [3.8, 4) is 5.88 Å². The number of hydrogen-bond donors (Lipinski definition) is 2. The summed E-state index contributed by atoms with van der Waals surface area (Å²) >= 11 is 0. The van der Waals surface area contributed by atoms with Crippen LogP contribution in [-0.4, -0.2) is 35.6 Å². The first kappa shape index (κ1) is 14.2. The first-order valence-electron chi connectivity index (χ1n) is 5.86. The summed E-state index contributed by atoms with van der Waals surface area (Å²) in [7, 11) is 1.56. The highest BCUT2D eigenvalue weighted by atomic mass is 16.5. The Balaban J connectivity index is 2.73. The molecule has 0 radical (unpaired) electrons. The molecule has 0 aliphatic carbocycles. The summed E-state index contributed by atoms with van der Waals surface area (Å²) in [5, 5.41) is 5.79. The Morgan fingerprint density at radius 2 is 2.00 bits per heavy atom. The maximum Gasteiger partial charge on any atom is 0.239 e. The van der Waals surface area contributed by atoms with Crippen LogP contribution in [0, 0.1) is 13.8 Å². The lowest BCUT2D eigenvalue weighted by molar-refractivity contribution is -0.119. The molecule has 0 spiro atoms. The summed E-state index contributed by atoms with van der Waals surface area (Å²) in [4.78, 5) is 19.9. The van der Waals surface area contributed by atoms with Crippen LogP contribution in [0.1, 0.15) is 25.2 Å². The van der Waals surface area contributed by atoms with Crippen LogP contribution in [0.2, 0.25) is 0 Å². The second kappa shape index (κ2) is 6.18. The zero-order valence-corrected chi connectivity index (χ0v) is 11.5. The third-order valence-corrected chi connectivity index (χ3v) is 2.27. The first-order chi connectivity index (χ1) is 8.43. The molecule has 0 saturated carbocycles. The number of ether oxygens (including phenoxy) is 1. The van der Waals surface area contributed by atoms with Gasteiger partial charge in [0.05, 0.1) is 19.2 Å². The van der Waals surface area contributed by atoms with Gasteiger partial charge in [0.2, 0.25) is 11.8 Å². The van der Waals surface area contributed by atoms with Gasteiger partial charge in [-0.1, -0.05) is 0 Å². The minimum absolute atomic E-state index is 0.0698. The van der Waals surface area contributed by atoms with Crippen molar-refractivity contribution in [2.24, 2.45) is 0 Å². The van der Waals surface area contributed by atoms with Gasteiger partial charge in [-0.15, -0.1) is 0 Å². The summed E-state index contributed by atoms with van der Waals surface area (Å²) < 4.78 is 5.15. The van der Waals surface area contributed by atoms with Crippen LogP contribution in [0.3, 0.4) is 0 Å². The van der Waals surface area contributed by atoms with Gasteiger partial charge in [0.15, 0.2) is 0 Å². The first-order valence-corrected chi connectivity index (χ1v) is 5.86. The van der Waals surface area contributed by atoms with Crippen LogP contribution in [0.25, 0.3) is 0 Å². The highest BCUT2D eigenvalue weighted by Gasteiger charge is 2.10. The molecule has 0 bridgehead atoms. The molecule has 100 valence electrons. The van der Waals surface area contributed by atoms with E-state index in [1.807, 2.05) is 20.8 Å². The van der Waals surface area contributed by atoms with Gasteiger partial charge in [0, 0.05) is 6.04 Å². The van der Waals surface area contributed by atoms with Crippen LogP contribution in [-0.2, 0) is 4.79 Å². The summed E-state index contributed by atoms with van der Waals surface area (Å²) in [5.74, 6) is 1.68. The molecular weight excluding hydrogens is 232 g/mol. The molecule has 2 N–H and O–H groups in total. The summed E-state index contributed by atoms with van der Waals surface area (Å²) in [6, 6.07) is 0.127. The van der Waals surface area contributed by atoms with Crippen molar-refractivity contribution in [3.63, 3.8) is 0 Å². The van der Waals surface area contributed by atoms with Crippen molar-refractivity contribution in [2.45, 2.75) is 33.7 Å². The fourth-order valence-corrected chi connectivity index (χ4v) is 1.51. The molecule has 18 heavy (non-hydrogen) atoms. The lowest BCUT2D eigenvalue weighted by Crippen LogP contribution is -2.35. The van der Waals surface area contributed by atoms with E-state index in [2.05, 4.69) is 20.6 Å². The number of amides is 1. The van der Waals surface area contributed by atoms with Crippen molar-refractivity contribution in [2.75, 3.05) is 19.0 Å². The van der Waals surface area contributed by atoms with Gasteiger partial charge in [-0.25, -0.2) is 4.98 Å². The van der Waals surface area contributed by atoms with Crippen molar-refractivity contribution < 1.29 is 9.53 Å². The zero-order chi connectivity index (χ0) is 13.7. The Bertz CT molecular complexity index is 432. The Kier molecular flexibility index (Phi) is 4.88. The zero-order valence-electron chi connectivity index (χ0n) is 11.5. The average molecular weight is 252 g/mol. The number of carbonyl (C=O) groups is 1. The molecule has 0 unspecified atom stereocenters. The largest absolute Gasteiger partial charge is 0.481 e. The molecule has 1 amide bonds. The average Bonchev–Trinajstić information content (AvgIpc) is 2.28. The Labute approximate surface area is 107 Å². The third-order valence-electron chi connectivity index (χ3n) is 2.27. The molecule has 0 aliphatic rings. The monoisotopic (exact) mass is 252 g/mol. The number of rotatable bonds is 5. The fraction of sp³-hybridized carbons (Fsp3) is 0.583. The Morgan fingerprint density at radius 3 is 2.56 bits per heavy atom. The van der Waals surface area contributed by atoms with Crippen molar-refractivity contribution >= 4 is 11.7 Å². The number of aromatic nitrogens is 2. The maximum atomic E-state index is 11.5. The van der Waals surface area contributed by atoms with Crippen LogP contribution in [0.15, 0.2) is 0 Å². The number of carbonyl (C=O) groups excluding carboxylic acids is 1. The van der Waals surface area contributed by atoms with E-state index in [1.165, 1.54) is 0 Å². The van der Waals surface area contributed by atoms with Crippen LogP contribution >= 0.6 is 0 Å². The topological polar surface area (TPSA) is 76.1 Å². The van der Waals surface area contributed by atoms with Crippen LogP contribution in [0.5, 0.6) is 5.88 Å². The molecule has 1 rings (SSSR count). The van der Waals surface area contributed by atoms with Crippen molar-refractivity contribution in [1.82, 2.24) is 15.3 Å². The number of nitrogens with zero attached hydrogens (tertiary/aromatic N) is 2. The summed E-state index contributed by atoms with van der Waals surface area (Å²) in [5.41, 5.74) is 0.792. The lowest BCUT2D eigenvalue weighted by atomic mass is 10.3. The molecule has 0 fully saturated rings. The van der Waals surface area contributed by atoms with E-state index in [-0.39, 0.29) is 18.5 Å². The predicted molar refractivity (Wildman–Crippen MR) is 69.8 cm³/mol. The molecule has 1 aromatic rings. The maximum absolute atomic E-state index is 11.5. The molecule has 6 heteroatoms. The van der Waals surface area contributed by atoms with Crippen LogP contribution < -0.4 is 15.4 Å². The normalized spacial score (nSPS) is 10.3. The van der Waals surface area contributed by atoms with Gasteiger partial charge >= 0.3 is 0 Å². The molecular formula is C12H20N4O2. The van der Waals surface area contributed by atoms with E-state index in [0.717, 1.165) is 5.56 Å². The molecule has 6 nitrogen and oxygen atoms in total. The Morgan fingerprint density at radius 1 is 1.33 bits per heavy atom. The third kappa shape index (κ3) is 3.87. The van der Waals surface area contributed by atoms with Gasteiger partial charge in [0.25, 0.3) is 0 Å². The smallest absolute Gasteiger partial charge is 0.239 e. The van der Waals surface area contributed by atoms with E-state index in [1.54, 1.807) is 14.0 Å². The quantitative estimate of drug-likeness (QED) is 0.819. The lowest BCUT2D eigenvalue weighted by Gasteiger charge is -2.13. The minimum atomic E-state index is -0.0698. The summed E-state index contributed by atoms with van der Waals surface area (Å²) in [6.45, 7) is 7.64.